The van der Waals surface area contributed by atoms with Crippen molar-refractivity contribution < 1.29 is 23.4 Å². The second-order valence-electron chi connectivity index (χ2n) is 9.66. The zero-order chi connectivity index (χ0) is 27.5. The van der Waals surface area contributed by atoms with Crippen LogP contribution in [0, 0.1) is 11.6 Å². The summed E-state index contributed by atoms with van der Waals surface area (Å²) in [6, 6.07) is 10.1. The number of carboxylic acids is 1. The molecule has 1 aromatic carbocycles. The van der Waals surface area contributed by atoms with Gasteiger partial charge in [0.05, 0.1) is 5.69 Å². The van der Waals surface area contributed by atoms with E-state index in [1.54, 1.807) is 24.5 Å². The molecule has 1 aliphatic heterocycles. The molecule has 2 aromatic heterocycles. The zero-order valence-corrected chi connectivity index (χ0v) is 21.9. The minimum absolute atomic E-state index is 0.126. The van der Waals surface area contributed by atoms with Crippen LogP contribution in [0.25, 0.3) is 0 Å². The zero-order valence-electron chi connectivity index (χ0n) is 21.9. The number of nitrogens with one attached hydrogen (secondary N) is 2. The van der Waals surface area contributed by atoms with Crippen LogP contribution in [0.5, 0.6) is 5.75 Å². The number of aliphatic carboxylic acids is 1. The predicted octanol–water partition coefficient (Wildman–Crippen LogP) is 4.77. The molecule has 1 atom stereocenters. The summed E-state index contributed by atoms with van der Waals surface area (Å²) in [4.78, 5) is 22.8. The average Bonchev–Trinajstić information content (AvgIpc) is 2.92. The van der Waals surface area contributed by atoms with Crippen molar-refractivity contribution in [3.05, 3.63) is 77.8 Å². The summed E-state index contributed by atoms with van der Waals surface area (Å²) >= 11 is 0. The first kappa shape index (κ1) is 28.2. The van der Waals surface area contributed by atoms with Gasteiger partial charge in [0.25, 0.3) is 0 Å². The summed E-state index contributed by atoms with van der Waals surface area (Å²) in [6.45, 7) is 2.89. The Bertz CT molecular complexity index is 1190. The first-order valence-electron chi connectivity index (χ1n) is 13.4. The minimum atomic E-state index is -0.947. The molecule has 10 heteroatoms. The normalized spacial score (nSPS) is 13.4. The maximum absolute atomic E-state index is 13.5. The highest BCUT2D eigenvalue weighted by Crippen LogP contribution is 2.20. The van der Waals surface area contributed by atoms with E-state index in [4.69, 9.17) is 9.72 Å². The van der Waals surface area contributed by atoms with Crippen molar-refractivity contribution >= 4 is 17.5 Å². The highest BCUT2D eigenvalue weighted by Gasteiger charge is 2.19. The average molecular weight is 540 g/mol. The number of carboxylic acid groups (broad SMARTS) is 1. The van der Waals surface area contributed by atoms with Crippen molar-refractivity contribution in [2.75, 3.05) is 43.4 Å². The molecular weight excluding hydrogens is 504 g/mol. The van der Waals surface area contributed by atoms with E-state index in [1.165, 1.54) is 5.56 Å². The van der Waals surface area contributed by atoms with Crippen molar-refractivity contribution in [2.45, 2.75) is 44.6 Å². The summed E-state index contributed by atoms with van der Waals surface area (Å²) in [6.07, 6.45) is 8.42. The summed E-state index contributed by atoms with van der Waals surface area (Å²) in [5, 5.41) is 16.1. The van der Waals surface area contributed by atoms with Gasteiger partial charge in [0.2, 0.25) is 0 Å². The number of aromatic nitrogens is 2. The third-order valence-electron chi connectivity index (χ3n) is 6.66. The van der Waals surface area contributed by atoms with Crippen molar-refractivity contribution in [1.29, 1.82) is 0 Å². The third kappa shape index (κ3) is 9.17. The van der Waals surface area contributed by atoms with E-state index in [9.17, 15) is 18.7 Å². The van der Waals surface area contributed by atoms with Crippen LogP contribution < -0.4 is 15.4 Å². The van der Waals surface area contributed by atoms with Crippen LogP contribution in [0.1, 0.15) is 36.9 Å². The number of benzene rings is 1. The molecule has 0 bridgehead atoms. The highest BCUT2D eigenvalue weighted by molar-refractivity contribution is 5.77. The van der Waals surface area contributed by atoms with Crippen LogP contribution in [0.3, 0.4) is 0 Å². The number of hydrogen-bond donors (Lipinski definition) is 3. The Balaban J connectivity index is 1.30. The van der Waals surface area contributed by atoms with Gasteiger partial charge >= 0.3 is 5.97 Å². The molecule has 0 aliphatic carbocycles. The SMILES string of the molecule is O=C(O)[C@H](CCN(CCCCc1ccc2c(n1)NCCC2)CCOc1cc(F)cc(F)c1)Nc1cccnc1. The molecule has 3 aromatic rings. The fourth-order valence-electron chi connectivity index (χ4n) is 4.61. The second kappa shape index (κ2) is 14.4. The van der Waals surface area contributed by atoms with E-state index < -0.39 is 23.6 Å². The number of aryl methyl sites for hydroxylation is 2. The lowest BCUT2D eigenvalue weighted by Gasteiger charge is -2.25. The lowest BCUT2D eigenvalue weighted by Crippen LogP contribution is -2.37. The number of carbonyl (C=O) groups is 1. The molecule has 0 fully saturated rings. The largest absolute Gasteiger partial charge is 0.492 e. The van der Waals surface area contributed by atoms with Crippen LogP contribution in [-0.2, 0) is 17.6 Å². The quantitative estimate of drug-likeness (QED) is 0.238. The maximum atomic E-state index is 13.5. The molecule has 1 aliphatic rings. The fraction of sp³-hybridized carbons (Fsp3) is 0.414. The standard InChI is InChI=1S/C29H35F2N5O3/c30-22-17-23(31)19-26(18-22)39-16-15-36(14-10-27(29(37)38)34-25-7-4-11-32-20-25)13-2-1-6-24-9-8-21-5-3-12-33-28(21)35-24/h4,7-9,11,17-20,27,34H,1-3,5-6,10,12-16H2,(H,33,35)(H,37,38)/t27-/m0/s1. The molecule has 0 radical (unpaired) electrons. The van der Waals surface area contributed by atoms with E-state index in [-0.39, 0.29) is 12.4 Å². The van der Waals surface area contributed by atoms with E-state index in [2.05, 4.69) is 32.7 Å². The Morgan fingerprint density at radius 3 is 2.74 bits per heavy atom. The third-order valence-corrected chi connectivity index (χ3v) is 6.66. The topological polar surface area (TPSA) is 99.6 Å². The number of rotatable bonds is 15. The molecule has 8 nitrogen and oxygen atoms in total. The van der Waals surface area contributed by atoms with Gasteiger partial charge in [0.15, 0.2) is 0 Å². The smallest absolute Gasteiger partial charge is 0.326 e. The number of pyridine rings is 2. The Morgan fingerprint density at radius 2 is 1.97 bits per heavy atom. The van der Waals surface area contributed by atoms with Gasteiger partial charge in [0, 0.05) is 55.9 Å². The molecule has 3 N–H and O–H groups in total. The first-order valence-corrected chi connectivity index (χ1v) is 13.4. The van der Waals surface area contributed by atoms with Gasteiger partial charge in [0.1, 0.15) is 35.9 Å². The number of unbranched alkanes of at least 4 members (excludes halogenated alkanes) is 1. The van der Waals surface area contributed by atoms with Gasteiger partial charge in [-0.1, -0.05) is 6.07 Å². The van der Waals surface area contributed by atoms with Crippen LogP contribution in [0.15, 0.2) is 54.9 Å². The van der Waals surface area contributed by atoms with Gasteiger partial charge in [-0.3, -0.25) is 9.88 Å². The molecule has 0 saturated heterocycles. The summed E-state index contributed by atoms with van der Waals surface area (Å²) in [7, 11) is 0. The molecule has 0 amide bonds. The lowest BCUT2D eigenvalue weighted by molar-refractivity contribution is -0.138. The number of halogens is 2. The summed E-state index contributed by atoms with van der Waals surface area (Å²) in [5.74, 6) is -1.22. The molecular formula is C29H35F2N5O3. The van der Waals surface area contributed by atoms with Crippen LogP contribution >= 0.6 is 0 Å². The number of ether oxygens (including phenoxy) is 1. The number of fused-ring (bicyclic) bond motifs is 1. The molecule has 0 saturated carbocycles. The van der Waals surface area contributed by atoms with Crippen molar-refractivity contribution in [1.82, 2.24) is 14.9 Å². The Morgan fingerprint density at radius 1 is 1.13 bits per heavy atom. The Labute approximate surface area is 227 Å². The first-order chi connectivity index (χ1) is 19.0. The van der Waals surface area contributed by atoms with E-state index in [1.807, 2.05) is 0 Å². The Kier molecular flexibility index (Phi) is 10.4. The van der Waals surface area contributed by atoms with Gasteiger partial charge in [-0.05, 0) is 68.8 Å². The number of hydrogen-bond acceptors (Lipinski definition) is 7. The summed E-state index contributed by atoms with van der Waals surface area (Å²) in [5.41, 5.74) is 2.96. The molecule has 3 heterocycles. The van der Waals surface area contributed by atoms with Gasteiger partial charge in [-0.15, -0.1) is 0 Å². The molecule has 0 spiro atoms. The maximum Gasteiger partial charge on any atom is 0.326 e. The van der Waals surface area contributed by atoms with Crippen molar-refractivity contribution in [2.24, 2.45) is 0 Å². The minimum Gasteiger partial charge on any atom is -0.492 e. The van der Waals surface area contributed by atoms with Crippen LogP contribution in [0.2, 0.25) is 0 Å². The number of anilines is 2. The second-order valence-corrected chi connectivity index (χ2v) is 9.66. The van der Waals surface area contributed by atoms with Gasteiger partial charge in [-0.25, -0.2) is 18.6 Å². The van der Waals surface area contributed by atoms with Crippen LogP contribution in [0.4, 0.5) is 20.3 Å². The van der Waals surface area contributed by atoms with E-state index >= 15 is 0 Å². The number of nitrogens with zero attached hydrogens (tertiary/aromatic N) is 3. The fourth-order valence-corrected chi connectivity index (χ4v) is 4.61. The van der Waals surface area contributed by atoms with Crippen molar-refractivity contribution in [3.8, 4) is 5.75 Å². The van der Waals surface area contributed by atoms with Gasteiger partial charge in [-0.2, -0.15) is 0 Å². The molecule has 39 heavy (non-hydrogen) atoms. The molecule has 4 rings (SSSR count). The van der Waals surface area contributed by atoms with E-state index in [0.717, 1.165) is 74.9 Å². The summed E-state index contributed by atoms with van der Waals surface area (Å²) < 4.78 is 32.6. The van der Waals surface area contributed by atoms with Crippen LogP contribution in [-0.4, -0.2) is 64.8 Å². The Hall–Kier alpha value is -3.79. The lowest BCUT2D eigenvalue weighted by atomic mass is 10.1. The van der Waals surface area contributed by atoms with Gasteiger partial charge < -0.3 is 20.5 Å². The molecule has 208 valence electrons. The highest BCUT2D eigenvalue weighted by atomic mass is 19.1. The molecule has 0 unspecified atom stereocenters. The predicted molar refractivity (Wildman–Crippen MR) is 146 cm³/mol. The van der Waals surface area contributed by atoms with Crippen molar-refractivity contribution in [3.63, 3.8) is 0 Å². The monoisotopic (exact) mass is 539 g/mol. The van der Waals surface area contributed by atoms with E-state index in [0.29, 0.717) is 25.2 Å².